The highest BCUT2D eigenvalue weighted by Crippen LogP contribution is 2.47. The van der Waals surface area contributed by atoms with Crippen molar-refractivity contribution in [3.8, 4) is 55.9 Å². The molecule has 1 heterocycles. The van der Waals surface area contributed by atoms with Gasteiger partial charge in [-0.1, -0.05) is 120 Å². The maximum atomic E-state index is 14.3. The molecule has 8 heteroatoms. The molecule has 1 unspecified atom stereocenters. The van der Waals surface area contributed by atoms with Gasteiger partial charge in [0.2, 0.25) is 0 Å². The highest BCUT2D eigenvalue weighted by atomic mass is 19.2. The Morgan fingerprint density at radius 1 is 0.423 bits per heavy atom. The van der Waals surface area contributed by atoms with Crippen LogP contribution in [0.15, 0.2) is 194 Å². The fourth-order valence-corrected chi connectivity index (χ4v) is 10.5. The number of aromatic nitrogens is 1. The van der Waals surface area contributed by atoms with Gasteiger partial charge in [0, 0.05) is 39.1 Å². The van der Waals surface area contributed by atoms with E-state index in [2.05, 4.69) is 176 Å². The number of hydrogen-bond donors (Lipinski definition) is 1. The monoisotopic (exact) mass is 1040 g/mol. The van der Waals surface area contributed by atoms with E-state index in [-0.39, 0.29) is 22.0 Å². The molecule has 0 bridgehead atoms. The van der Waals surface area contributed by atoms with E-state index >= 15 is 0 Å². The number of halogens is 4. The van der Waals surface area contributed by atoms with Gasteiger partial charge in [-0.15, -0.1) is 0 Å². The van der Waals surface area contributed by atoms with Crippen LogP contribution in [0.1, 0.15) is 87.1 Å². The first-order chi connectivity index (χ1) is 36.9. The molecule has 0 fully saturated rings. The molecular weight excluding hydrogens is 975 g/mol. The van der Waals surface area contributed by atoms with Crippen LogP contribution in [-0.2, 0) is 0 Å². The van der Waals surface area contributed by atoms with Gasteiger partial charge in [-0.2, -0.15) is 0 Å². The van der Waals surface area contributed by atoms with E-state index in [0.717, 1.165) is 102 Å². The minimum atomic E-state index is -0.912. The van der Waals surface area contributed by atoms with Gasteiger partial charge in [-0.3, -0.25) is 0 Å². The summed E-state index contributed by atoms with van der Waals surface area (Å²) in [4.78, 5) is 2.10. The molecule has 4 nitrogen and oxygen atoms in total. The van der Waals surface area contributed by atoms with Crippen molar-refractivity contribution in [2.75, 3.05) is 4.90 Å². The molecule has 0 saturated heterocycles. The molecule has 2 N–H and O–H groups in total. The molecule has 0 aliphatic carbocycles. The average Bonchev–Trinajstić information content (AvgIpc) is 3.73. The van der Waals surface area contributed by atoms with E-state index in [1.54, 1.807) is 12.1 Å². The van der Waals surface area contributed by atoms with Crippen molar-refractivity contribution >= 4 is 38.9 Å². The number of nitrogens with two attached hydrogens (primary N) is 1. The molecule has 0 aliphatic heterocycles. The second-order valence-corrected chi connectivity index (χ2v) is 24.1. The Labute approximate surface area is 456 Å². The number of ether oxygens (including phenoxy) is 1. The van der Waals surface area contributed by atoms with Crippen LogP contribution >= 0.6 is 0 Å². The first kappa shape index (κ1) is 53.5. The fraction of sp³-hybridized carbons (Fsp3) is 0.229. The molecule has 1 atom stereocenters. The molecular formula is C70H67F4N3O. The van der Waals surface area contributed by atoms with Crippen molar-refractivity contribution in [2.45, 2.75) is 92.7 Å². The molecule has 0 saturated carbocycles. The van der Waals surface area contributed by atoms with E-state index in [1.807, 2.05) is 60.7 Å². The van der Waals surface area contributed by atoms with Gasteiger partial charge in [0.1, 0.15) is 11.4 Å². The third kappa shape index (κ3) is 11.0. The van der Waals surface area contributed by atoms with E-state index in [4.69, 9.17) is 10.5 Å². The summed E-state index contributed by atoms with van der Waals surface area (Å²) in [6.45, 7) is 22.0. The van der Waals surface area contributed by atoms with Gasteiger partial charge < -0.3 is 19.9 Å². The van der Waals surface area contributed by atoms with Crippen LogP contribution < -0.4 is 15.4 Å². The lowest BCUT2D eigenvalue weighted by atomic mass is 9.63. The maximum Gasteiger partial charge on any atom is 0.159 e. The summed E-state index contributed by atoms with van der Waals surface area (Å²) >= 11 is 0. The molecule has 9 aromatic carbocycles. The third-order valence-corrected chi connectivity index (χ3v) is 15.7. The van der Waals surface area contributed by atoms with Crippen LogP contribution in [-0.4, -0.2) is 15.7 Å². The van der Waals surface area contributed by atoms with Crippen molar-refractivity contribution in [2.24, 2.45) is 16.6 Å². The Bertz CT molecular complexity index is 3690. The maximum absolute atomic E-state index is 14.3. The lowest BCUT2D eigenvalue weighted by Crippen LogP contribution is -2.48. The summed E-state index contributed by atoms with van der Waals surface area (Å²) < 4.78 is 64.9. The SMILES string of the molecule is CC(C)(C)Oc1ccc(-n2c3ccc(-c4ccc(C(CC(C)(C)C(C)(C)N)C(C)(C)C)cc4)cc3c3cc(-c4ccc(N(c5ccc(-c6ccc(F)c(F)c6)cc5)c5ccc(-c6ccc(F)c(F)c6)cc5)cc4)ccc32)cc1. The lowest BCUT2D eigenvalue weighted by Gasteiger charge is -2.44. The molecule has 0 aliphatic rings. The molecule has 1 aromatic heterocycles. The zero-order valence-electron chi connectivity index (χ0n) is 46.2. The standard InChI is InChI=1S/C70H67F4N3O/c1-67(2,3)60(43-69(7,8)70(9,10)75)48-13-11-44(12-14-48)49-23-37-65-58(39-49)59-40-50(24-38-66(59)77(65)56-31-33-57(34-32-56)78-68(4,5)6)45-15-25-53(26-16-45)76(54-27-17-46(18-28-54)51-21-35-61(71)63(73)41-51)55-29-19-47(20-30-55)52-22-36-62(72)64(74)42-52/h11-42,60H,43,75H2,1-10H3. The van der Waals surface area contributed by atoms with Crippen molar-refractivity contribution < 1.29 is 22.3 Å². The van der Waals surface area contributed by atoms with Gasteiger partial charge in [0.25, 0.3) is 0 Å². The summed E-state index contributed by atoms with van der Waals surface area (Å²) in [6, 6.07) is 62.4. The predicted octanol–water partition coefficient (Wildman–Crippen LogP) is 19.9. The summed E-state index contributed by atoms with van der Waals surface area (Å²) in [5.74, 6) is -2.51. The van der Waals surface area contributed by atoms with Crippen LogP contribution in [0.2, 0.25) is 0 Å². The smallest absolute Gasteiger partial charge is 0.159 e. The van der Waals surface area contributed by atoms with E-state index in [0.29, 0.717) is 17.0 Å². The Kier molecular flexibility index (Phi) is 14.0. The third-order valence-electron chi connectivity index (χ3n) is 15.7. The number of hydrogen-bond acceptors (Lipinski definition) is 3. The molecule has 10 rings (SSSR count). The fourth-order valence-electron chi connectivity index (χ4n) is 10.5. The van der Waals surface area contributed by atoms with Gasteiger partial charge in [0.05, 0.1) is 11.0 Å². The predicted molar refractivity (Wildman–Crippen MR) is 316 cm³/mol. The minimum Gasteiger partial charge on any atom is -0.488 e. The van der Waals surface area contributed by atoms with Crippen LogP contribution in [0.4, 0.5) is 34.6 Å². The molecule has 10 aromatic rings. The highest BCUT2D eigenvalue weighted by molar-refractivity contribution is 6.11. The number of fused-ring (bicyclic) bond motifs is 3. The second kappa shape index (κ2) is 20.5. The van der Waals surface area contributed by atoms with E-state index < -0.39 is 23.3 Å². The van der Waals surface area contributed by atoms with Crippen LogP contribution in [0.25, 0.3) is 72.0 Å². The Hall–Kier alpha value is -7.94. The van der Waals surface area contributed by atoms with Crippen LogP contribution in [0, 0.1) is 34.1 Å². The topological polar surface area (TPSA) is 43.4 Å². The summed E-state index contributed by atoms with van der Waals surface area (Å²) in [6.07, 6.45) is 0.966. The van der Waals surface area contributed by atoms with Crippen molar-refractivity contribution in [3.05, 3.63) is 223 Å². The number of benzene rings is 9. The van der Waals surface area contributed by atoms with Gasteiger partial charge >= 0.3 is 0 Å². The molecule has 78 heavy (non-hydrogen) atoms. The summed E-state index contributed by atoms with van der Waals surface area (Å²) in [5.41, 5.74) is 19.9. The number of anilines is 3. The van der Waals surface area contributed by atoms with Crippen LogP contribution in [0.3, 0.4) is 0 Å². The Morgan fingerprint density at radius 3 is 1.14 bits per heavy atom. The first-order valence-electron chi connectivity index (χ1n) is 26.7. The number of rotatable bonds is 13. The van der Waals surface area contributed by atoms with E-state index in [1.165, 1.54) is 17.7 Å². The van der Waals surface area contributed by atoms with Crippen molar-refractivity contribution in [3.63, 3.8) is 0 Å². The zero-order valence-corrected chi connectivity index (χ0v) is 46.2. The van der Waals surface area contributed by atoms with Crippen LogP contribution in [0.5, 0.6) is 5.75 Å². The second-order valence-electron chi connectivity index (χ2n) is 24.1. The summed E-state index contributed by atoms with van der Waals surface area (Å²) in [7, 11) is 0. The minimum absolute atomic E-state index is 0.0335. The highest BCUT2D eigenvalue weighted by Gasteiger charge is 2.39. The molecule has 0 spiro atoms. The normalized spacial score (nSPS) is 12.8. The van der Waals surface area contributed by atoms with Crippen molar-refractivity contribution in [1.82, 2.24) is 4.57 Å². The lowest BCUT2D eigenvalue weighted by molar-refractivity contribution is 0.131. The van der Waals surface area contributed by atoms with Crippen molar-refractivity contribution in [1.29, 1.82) is 0 Å². The Balaban J connectivity index is 1.04. The average molecular weight is 1040 g/mol. The largest absolute Gasteiger partial charge is 0.488 e. The van der Waals surface area contributed by atoms with E-state index in [9.17, 15) is 17.6 Å². The zero-order chi connectivity index (χ0) is 55.5. The Morgan fingerprint density at radius 2 is 0.782 bits per heavy atom. The molecule has 396 valence electrons. The first-order valence-corrected chi connectivity index (χ1v) is 26.7. The van der Waals surface area contributed by atoms with Gasteiger partial charge in [0.15, 0.2) is 23.3 Å². The van der Waals surface area contributed by atoms with Gasteiger partial charge in [-0.25, -0.2) is 17.6 Å². The van der Waals surface area contributed by atoms with Gasteiger partial charge in [-0.05, 0) is 217 Å². The number of nitrogens with zero attached hydrogens (tertiary/aromatic N) is 2. The molecule has 0 radical (unpaired) electrons. The molecule has 0 amide bonds. The summed E-state index contributed by atoms with van der Waals surface area (Å²) in [5, 5.41) is 2.24. The quantitative estimate of drug-likeness (QED) is 0.117.